The van der Waals surface area contributed by atoms with E-state index in [1.165, 1.54) is 6.07 Å². The van der Waals surface area contributed by atoms with E-state index in [0.717, 1.165) is 5.56 Å². The van der Waals surface area contributed by atoms with Crippen LogP contribution in [0.15, 0.2) is 36.4 Å². The second kappa shape index (κ2) is 6.33. The Morgan fingerprint density at radius 2 is 1.95 bits per heavy atom. The number of nitrogens with one attached hydrogen (secondary N) is 1. The van der Waals surface area contributed by atoms with E-state index in [9.17, 15) is 10.1 Å². The molecule has 0 aliphatic carbocycles. The van der Waals surface area contributed by atoms with Crippen molar-refractivity contribution in [2.75, 3.05) is 5.32 Å². The predicted octanol–water partition coefficient (Wildman–Crippen LogP) is 5.38. The fourth-order valence-corrected chi connectivity index (χ4v) is 2.55. The third-order valence-corrected chi connectivity index (χ3v) is 4.07. The van der Waals surface area contributed by atoms with Gasteiger partial charge in [0.1, 0.15) is 0 Å². The SMILES string of the molecule is Cc1ccc(NC(C)c2cccc(Cl)c2Cl)cc1[N+](=O)[O-]. The first kappa shape index (κ1) is 15.6. The summed E-state index contributed by atoms with van der Waals surface area (Å²) in [5.74, 6) is 0. The molecule has 0 bridgehead atoms. The second-order valence-corrected chi connectivity index (χ2v) is 5.55. The van der Waals surface area contributed by atoms with Crippen molar-refractivity contribution in [2.45, 2.75) is 19.9 Å². The number of aryl methyl sites for hydroxylation is 1. The Bertz CT molecular complexity index is 689. The lowest BCUT2D eigenvalue weighted by Crippen LogP contribution is -2.07. The third-order valence-electron chi connectivity index (χ3n) is 3.24. The first-order chi connectivity index (χ1) is 9.90. The van der Waals surface area contributed by atoms with Gasteiger partial charge in [0.2, 0.25) is 0 Å². The summed E-state index contributed by atoms with van der Waals surface area (Å²) in [5, 5.41) is 15.1. The van der Waals surface area contributed by atoms with Gasteiger partial charge in [-0.2, -0.15) is 0 Å². The van der Waals surface area contributed by atoms with E-state index in [4.69, 9.17) is 23.2 Å². The average molecular weight is 325 g/mol. The van der Waals surface area contributed by atoms with E-state index >= 15 is 0 Å². The van der Waals surface area contributed by atoms with Gasteiger partial charge in [-0.15, -0.1) is 0 Å². The van der Waals surface area contributed by atoms with Crippen molar-refractivity contribution in [3.8, 4) is 0 Å². The van der Waals surface area contributed by atoms with Gasteiger partial charge in [0.25, 0.3) is 5.69 Å². The molecule has 0 fully saturated rings. The van der Waals surface area contributed by atoms with Gasteiger partial charge in [0.05, 0.1) is 21.0 Å². The molecule has 0 saturated heterocycles. The maximum absolute atomic E-state index is 11.0. The molecule has 0 heterocycles. The highest BCUT2D eigenvalue weighted by Gasteiger charge is 2.15. The molecule has 2 rings (SSSR count). The van der Waals surface area contributed by atoms with Crippen LogP contribution in [-0.4, -0.2) is 4.92 Å². The van der Waals surface area contributed by atoms with Crippen molar-refractivity contribution in [3.63, 3.8) is 0 Å². The first-order valence-electron chi connectivity index (χ1n) is 6.35. The van der Waals surface area contributed by atoms with E-state index in [-0.39, 0.29) is 11.7 Å². The summed E-state index contributed by atoms with van der Waals surface area (Å²) in [5.41, 5.74) is 2.21. The number of hydrogen-bond acceptors (Lipinski definition) is 3. The second-order valence-electron chi connectivity index (χ2n) is 4.77. The lowest BCUT2D eigenvalue weighted by Gasteiger charge is -2.17. The Morgan fingerprint density at radius 3 is 2.62 bits per heavy atom. The van der Waals surface area contributed by atoms with Crippen LogP contribution in [-0.2, 0) is 0 Å². The zero-order valence-electron chi connectivity index (χ0n) is 11.6. The van der Waals surface area contributed by atoms with Crippen molar-refractivity contribution in [1.82, 2.24) is 0 Å². The number of hydrogen-bond donors (Lipinski definition) is 1. The molecule has 0 aromatic heterocycles. The van der Waals surface area contributed by atoms with E-state index in [2.05, 4.69) is 5.32 Å². The van der Waals surface area contributed by atoms with Gasteiger partial charge >= 0.3 is 0 Å². The van der Waals surface area contributed by atoms with Crippen LogP contribution in [0.5, 0.6) is 0 Å². The number of nitrogens with zero attached hydrogens (tertiary/aromatic N) is 1. The van der Waals surface area contributed by atoms with Crippen LogP contribution < -0.4 is 5.32 Å². The Hall–Kier alpha value is -1.78. The maximum atomic E-state index is 11.0. The minimum Gasteiger partial charge on any atom is -0.378 e. The standard InChI is InChI=1S/C15H14Cl2N2O2/c1-9-6-7-11(8-14(9)19(20)21)18-10(2)12-4-3-5-13(16)15(12)17/h3-8,10,18H,1-2H3. The predicted molar refractivity (Wildman–Crippen MR) is 86.3 cm³/mol. The molecule has 1 N–H and O–H groups in total. The molecule has 0 aliphatic rings. The summed E-state index contributed by atoms with van der Waals surface area (Å²) in [7, 11) is 0. The Morgan fingerprint density at radius 1 is 1.24 bits per heavy atom. The summed E-state index contributed by atoms with van der Waals surface area (Å²) < 4.78 is 0. The van der Waals surface area contributed by atoms with Gasteiger partial charge < -0.3 is 5.32 Å². The van der Waals surface area contributed by atoms with Crippen LogP contribution >= 0.6 is 23.2 Å². The monoisotopic (exact) mass is 324 g/mol. The third kappa shape index (κ3) is 3.46. The smallest absolute Gasteiger partial charge is 0.274 e. The van der Waals surface area contributed by atoms with Gasteiger partial charge in [0.15, 0.2) is 0 Å². The molecule has 21 heavy (non-hydrogen) atoms. The number of rotatable bonds is 4. The average Bonchev–Trinajstić information content (AvgIpc) is 2.43. The lowest BCUT2D eigenvalue weighted by molar-refractivity contribution is -0.385. The van der Waals surface area contributed by atoms with Crippen molar-refractivity contribution in [1.29, 1.82) is 0 Å². The minimum absolute atomic E-state index is 0.0874. The summed E-state index contributed by atoms with van der Waals surface area (Å²) >= 11 is 12.2. The van der Waals surface area contributed by atoms with Crippen LogP contribution in [0.3, 0.4) is 0 Å². The van der Waals surface area contributed by atoms with Gasteiger partial charge in [-0.25, -0.2) is 0 Å². The van der Waals surface area contributed by atoms with Gasteiger partial charge in [-0.05, 0) is 31.5 Å². The van der Waals surface area contributed by atoms with Gasteiger partial charge in [-0.3, -0.25) is 10.1 Å². The number of nitro benzene ring substituents is 1. The van der Waals surface area contributed by atoms with Crippen molar-refractivity contribution in [2.24, 2.45) is 0 Å². The largest absolute Gasteiger partial charge is 0.378 e. The lowest BCUT2D eigenvalue weighted by atomic mass is 10.1. The van der Waals surface area contributed by atoms with Gasteiger partial charge in [0, 0.05) is 17.3 Å². The van der Waals surface area contributed by atoms with Crippen LogP contribution in [0.2, 0.25) is 10.0 Å². The number of benzene rings is 2. The molecule has 4 nitrogen and oxygen atoms in total. The molecular formula is C15H14Cl2N2O2. The van der Waals surface area contributed by atoms with Gasteiger partial charge in [-0.1, -0.05) is 41.4 Å². The molecule has 0 saturated carbocycles. The summed E-state index contributed by atoms with van der Waals surface area (Å²) in [6.07, 6.45) is 0. The Balaban J connectivity index is 2.27. The molecule has 6 heteroatoms. The summed E-state index contributed by atoms with van der Waals surface area (Å²) in [4.78, 5) is 10.6. The molecule has 0 amide bonds. The molecule has 1 atom stereocenters. The molecule has 1 unspecified atom stereocenters. The quantitative estimate of drug-likeness (QED) is 0.606. The van der Waals surface area contributed by atoms with E-state index in [0.29, 0.717) is 21.3 Å². The van der Waals surface area contributed by atoms with Crippen molar-refractivity contribution < 1.29 is 4.92 Å². The Labute approximate surface area is 132 Å². The molecule has 0 radical (unpaired) electrons. The normalized spacial score (nSPS) is 12.0. The van der Waals surface area contributed by atoms with Crippen LogP contribution in [0, 0.1) is 17.0 Å². The highest BCUT2D eigenvalue weighted by molar-refractivity contribution is 6.42. The molecule has 0 spiro atoms. The maximum Gasteiger partial charge on any atom is 0.274 e. The first-order valence-corrected chi connectivity index (χ1v) is 7.11. The molecule has 2 aromatic rings. The number of halogens is 2. The molecule has 0 aliphatic heterocycles. The zero-order chi connectivity index (χ0) is 15.6. The van der Waals surface area contributed by atoms with Crippen LogP contribution in [0.4, 0.5) is 11.4 Å². The van der Waals surface area contributed by atoms with Crippen LogP contribution in [0.25, 0.3) is 0 Å². The highest BCUT2D eigenvalue weighted by atomic mass is 35.5. The fraction of sp³-hybridized carbons (Fsp3) is 0.200. The minimum atomic E-state index is -0.391. The molecular weight excluding hydrogens is 311 g/mol. The van der Waals surface area contributed by atoms with E-state index < -0.39 is 4.92 Å². The number of anilines is 1. The van der Waals surface area contributed by atoms with Crippen LogP contribution in [0.1, 0.15) is 24.1 Å². The van der Waals surface area contributed by atoms with Crippen molar-refractivity contribution in [3.05, 3.63) is 67.7 Å². The van der Waals surface area contributed by atoms with Crippen molar-refractivity contribution >= 4 is 34.6 Å². The summed E-state index contributed by atoms with van der Waals surface area (Å²) in [6, 6.07) is 10.3. The van der Waals surface area contributed by atoms with E-state index in [1.54, 1.807) is 25.1 Å². The Kier molecular flexibility index (Phi) is 4.70. The fourth-order valence-electron chi connectivity index (χ4n) is 2.08. The topological polar surface area (TPSA) is 55.2 Å². The molecule has 110 valence electrons. The summed E-state index contributed by atoms with van der Waals surface area (Å²) in [6.45, 7) is 3.63. The molecule has 2 aromatic carbocycles. The number of nitro groups is 1. The highest BCUT2D eigenvalue weighted by Crippen LogP contribution is 2.32. The zero-order valence-corrected chi connectivity index (χ0v) is 13.1. The van der Waals surface area contributed by atoms with E-state index in [1.807, 2.05) is 19.1 Å².